The van der Waals surface area contributed by atoms with Gasteiger partial charge < -0.3 is 20.5 Å². The molecule has 0 saturated carbocycles. The van der Waals surface area contributed by atoms with E-state index in [-0.39, 0.29) is 18.2 Å². The predicted octanol–water partition coefficient (Wildman–Crippen LogP) is 1.90. The van der Waals surface area contributed by atoms with E-state index < -0.39 is 6.10 Å². The van der Waals surface area contributed by atoms with Crippen LogP contribution in [0.3, 0.4) is 0 Å². The van der Waals surface area contributed by atoms with Crippen LogP contribution in [-0.2, 0) is 4.74 Å². The van der Waals surface area contributed by atoms with Crippen LogP contribution >= 0.6 is 11.6 Å². The standard InChI is InChI=1S/C12H18ClFN2O2/c1-18-5-4-15-11-3-2-9(14)6-12(11)16-8-10(17)7-13/h2-3,6,10,15-17H,4-5,7-8H2,1H3. The van der Waals surface area contributed by atoms with E-state index in [1.165, 1.54) is 12.1 Å². The van der Waals surface area contributed by atoms with Gasteiger partial charge in [-0.2, -0.15) is 0 Å². The molecule has 0 saturated heterocycles. The number of nitrogens with one attached hydrogen (secondary N) is 2. The van der Waals surface area contributed by atoms with Crippen molar-refractivity contribution in [2.75, 3.05) is 43.3 Å². The molecule has 0 radical (unpaired) electrons. The van der Waals surface area contributed by atoms with Crippen LogP contribution in [0.15, 0.2) is 18.2 Å². The summed E-state index contributed by atoms with van der Waals surface area (Å²) in [4.78, 5) is 0. The van der Waals surface area contributed by atoms with Crippen molar-refractivity contribution in [1.29, 1.82) is 0 Å². The third-order valence-electron chi connectivity index (χ3n) is 2.31. The summed E-state index contributed by atoms with van der Waals surface area (Å²) in [6.45, 7) is 1.45. The van der Waals surface area contributed by atoms with Gasteiger partial charge in [0.05, 0.1) is 30.0 Å². The number of benzene rings is 1. The highest BCUT2D eigenvalue weighted by Crippen LogP contribution is 2.22. The molecular weight excluding hydrogens is 259 g/mol. The topological polar surface area (TPSA) is 53.5 Å². The van der Waals surface area contributed by atoms with Gasteiger partial charge in [-0.15, -0.1) is 11.6 Å². The molecule has 4 nitrogen and oxygen atoms in total. The zero-order valence-electron chi connectivity index (χ0n) is 10.2. The van der Waals surface area contributed by atoms with Gasteiger partial charge in [0.25, 0.3) is 0 Å². The highest BCUT2D eigenvalue weighted by molar-refractivity contribution is 6.18. The van der Waals surface area contributed by atoms with Crippen LogP contribution in [-0.4, -0.2) is 43.9 Å². The monoisotopic (exact) mass is 276 g/mol. The summed E-state index contributed by atoms with van der Waals surface area (Å²) in [5, 5.41) is 15.4. The highest BCUT2D eigenvalue weighted by Gasteiger charge is 2.06. The van der Waals surface area contributed by atoms with Crippen molar-refractivity contribution in [2.24, 2.45) is 0 Å². The Kier molecular flexibility index (Phi) is 6.78. The number of anilines is 2. The van der Waals surface area contributed by atoms with Crippen molar-refractivity contribution < 1.29 is 14.2 Å². The smallest absolute Gasteiger partial charge is 0.125 e. The van der Waals surface area contributed by atoms with Gasteiger partial charge in [-0.25, -0.2) is 4.39 Å². The molecule has 0 aliphatic carbocycles. The molecule has 0 bridgehead atoms. The highest BCUT2D eigenvalue weighted by atomic mass is 35.5. The van der Waals surface area contributed by atoms with E-state index in [0.717, 1.165) is 5.69 Å². The molecule has 0 aliphatic rings. The molecule has 0 heterocycles. The number of rotatable bonds is 8. The fraction of sp³-hybridized carbons (Fsp3) is 0.500. The molecule has 1 unspecified atom stereocenters. The summed E-state index contributed by atoms with van der Waals surface area (Å²) >= 11 is 5.50. The van der Waals surface area contributed by atoms with Crippen molar-refractivity contribution in [1.82, 2.24) is 0 Å². The third-order valence-corrected chi connectivity index (χ3v) is 2.67. The first-order valence-corrected chi connectivity index (χ1v) is 6.21. The molecule has 18 heavy (non-hydrogen) atoms. The van der Waals surface area contributed by atoms with Crippen molar-refractivity contribution in [2.45, 2.75) is 6.10 Å². The van der Waals surface area contributed by atoms with Gasteiger partial charge in [0.2, 0.25) is 0 Å². The maximum absolute atomic E-state index is 13.2. The summed E-state index contributed by atoms with van der Waals surface area (Å²) in [5.74, 6) is -0.204. The van der Waals surface area contributed by atoms with E-state index in [0.29, 0.717) is 18.8 Å². The normalized spacial score (nSPS) is 12.2. The fourth-order valence-corrected chi connectivity index (χ4v) is 1.50. The van der Waals surface area contributed by atoms with Crippen molar-refractivity contribution in [3.63, 3.8) is 0 Å². The molecular formula is C12H18ClFN2O2. The molecule has 0 fully saturated rings. The lowest BCUT2D eigenvalue weighted by Gasteiger charge is -2.15. The Morgan fingerprint density at radius 3 is 2.83 bits per heavy atom. The molecule has 1 atom stereocenters. The first-order chi connectivity index (χ1) is 8.67. The molecule has 1 aromatic rings. The summed E-state index contributed by atoms with van der Waals surface area (Å²) in [5.41, 5.74) is 1.35. The fourth-order valence-electron chi connectivity index (χ4n) is 1.39. The lowest BCUT2D eigenvalue weighted by molar-refractivity contribution is 0.210. The minimum absolute atomic E-state index is 0.134. The molecule has 0 spiro atoms. The Bertz CT molecular complexity index is 366. The van der Waals surface area contributed by atoms with Crippen molar-refractivity contribution in [3.8, 4) is 0 Å². The quantitative estimate of drug-likeness (QED) is 0.501. The Balaban J connectivity index is 2.64. The third kappa shape index (κ3) is 5.08. The van der Waals surface area contributed by atoms with Crippen molar-refractivity contribution >= 4 is 23.0 Å². The van der Waals surface area contributed by atoms with Gasteiger partial charge in [0, 0.05) is 20.2 Å². The summed E-state index contributed by atoms with van der Waals surface area (Å²) < 4.78 is 18.1. The lowest BCUT2D eigenvalue weighted by Crippen LogP contribution is -2.21. The van der Waals surface area contributed by atoms with Crippen LogP contribution in [0.2, 0.25) is 0 Å². The van der Waals surface area contributed by atoms with Gasteiger partial charge >= 0.3 is 0 Å². The van der Waals surface area contributed by atoms with E-state index in [4.69, 9.17) is 16.3 Å². The number of methoxy groups -OCH3 is 1. The van der Waals surface area contributed by atoms with Crippen molar-refractivity contribution in [3.05, 3.63) is 24.0 Å². The van der Waals surface area contributed by atoms with E-state index in [1.807, 2.05) is 0 Å². The summed E-state index contributed by atoms with van der Waals surface area (Å²) in [7, 11) is 1.61. The van der Waals surface area contributed by atoms with Gasteiger partial charge in [-0.3, -0.25) is 0 Å². The Morgan fingerprint density at radius 1 is 1.39 bits per heavy atom. The largest absolute Gasteiger partial charge is 0.390 e. The number of halogens is 2. The number of hydrogen-bond acceptors (Lipinski definition) is 4. The Labute approximate surface area is 111 Å². The van der Waals surface area contributed by atoms with Gasteiger partial charge in [-0.05, 0) is 18.2 Å². The minimum Gasteiger partial charge on any atom is -0.390 e. The summed E-state index contributed by atoms with van der Waals surface area (Å²) in [6.07, 6.45) is -0.665. The molecule has 0 aliphatic heterocycles. The van der Waals surface area contributed by atoms with Gasteiger partial charge in [-0.1, -0.05) is 0 Å². The number of ether oxygens (including phenoxy) is 1. The number of aliphatic hydroxyl groups excluding tert-OH is 1. The molecule has 0 amide bonds. The number of hydrogen-bond donors (Lipinski definition) is 3. The second kappa shape index (κ2) is 8.13. The summed E-state index contributed by atoms with van der Waals surface area (Å²) in [6, 6.07) is 4.38. The van der Waals surface area contributed by atoms with Crippen LogP contribution < -0.4 is 10.6 Å². The zero-order valence-corrected chi connectivity index (χ0v) is 11.0. The minimum atomic E-state index is -0.665. The molecule has 0 aromatic heterocycles. The first-order valence-electron chi connectivity index (χ1n) is 5.67. The Hall–Kier alpha value is -1.04. The SMILES string of the molecule is COCCNc1ccc(F)cc1NCC(O)CCl. The van der Waals surface area contributed by atoms with E-state index >= 15 is 0 Å². The molecule has 3 N–H and O–H groups in total. The average molecular weight is 277 g/mol. The van der Waals surface area contributed by atoms with Crippen LogP contribution in [0.25, 0.3) is 0 Å². The van der Waals surface area contributed by atoms with Gasteiger partial charge in [0.1, 0.15) is 5.82 Å². The number of alkyl halides is 1. The number of aliphatic hydroxyl groups is 1. The second-order valence-corrected chi connectivity index (χ2v) is 4.11. The predicted molar refractivity (Wildman–Crippen MR) is 72.0 cm³/mol. The maximum Gasteiger partial charge on any atom is 0.125 e. The first kappa shape index (κ1) is 15.0. The van der Waals surface area contributed by atoms with Crippen LogP contribution in [0, 0.1) is 5.82 Å². The average Bonchev–Trinajstić information content (AvgIpc) is 2.38. The lowest BCUT2D eigenvalue weighted by atomic mass is 10.2. The molecule has 102 valence electrons. The van der Waals surface area contributed by atoms with E-state index in [9.17, 15) is 9.50 Å². The molecule has 1 rings (SSSR count). The van der Waals surface area contributed by atoms with E-state index in [1.54, 1.807) is 13.2 Å². The van der Waals surface area contributed by atoms with Gasteiger partial charge in [0.15, 0.2) is 0 Å². The van der Waals surface area contributed by atoms with Crippen LogP contribution in [0.5, 0.6) is 0 Å². The zero-order chi connectivity index (χ0) is 13.4. The van der Waals surface area contributed by atoms with E-state index in [2.05, 4.69) is 10.6 Å². The van der Waals surface area contributed by atoms with Crippen LogP contribution in [0.4, 0.5) is 15.8 Å². The van der Waals surface area contributed by atoms with Crippen LogP contribution in [0.1, 0.15) is 0 Å². The Morgan fingerprint density at radius 2 is 2.17 bits per heavy atom. The molecule has 6 heteroatoms. The maximum atomic E-state index is 13.2. The second-order valence-electron chi connectivity index (χ2n) is 3.80. The molecule has 1 aromatic carbocycles.